The molecule has 2 atom stereocenters. The summed E-state index contributed by atoms with van der Waals surface area (Å²) in [5.41, 5.74) is 11.3. The van der Waals surface area contributed by atoms with Gasteiger partial charge in [-0.2, -0.15) is 0 Å². The zero-order valence-electron chi connectivity index (χ0n) is 32.2. The lowest BCUT2D eigenvalue weighted by molar-refractivity contribution is -0.167. The second-order valence-electron chi connectivity index (χ2n) is 13.5. The van der Waals surface area contributed by atoms with Crippen LogP contribution in [0.15, 0.2) is 0 Å². The van der Waals surface area contributed by atoms with Crippen LogP contribution in [0.2, 0.25) is 0 Å². The molecular weight excluding hydrogens is 654 g/mol. The van der Waals surface area contributed by atoms with Gasteiger partial charge < -0.3 is 35.7 Å². The summed E-state index contributed by atoms with van der Waals surface area (Å²) in [6.45, 7) is 4.49. The SMILES string of the molecule is CCCCCCCCCCCC(=O)OC[C@H](COC(=O)CCC(=O)OCCNC(=O)C(N)CCCCN)OC(=O)CCCCCCCCCCC. The number of hydrogen-bond donors (Lipinski definition) is 3. The highest BCUT2D eigenvalue weighted by Crippen LogP contribution is 2.13. The number of nitrogens with one attached hydrogen (secondary N) is 1. The highest BCUT2D eigenvalue weighted by Gasteiger charge is 2.20. The molecule has 5 N–H and O–H groups in total. The van der Waals surface area contributed by atoms with E-state index in [2.05, 4.69) is 19.2 Å². The average molecular weight is 728 g/mol. The molecule has 12 heteroatoms. The number of nitrogens with two attached hydrogens (primary N) is 2. The van der Waals surface area contributed by atoms with Crippen LogP contribution in [-0.2, 0) is 42.9 Å². The number of unbranched alkanes of at least 4 members (excludes halogenated alkanes) is 17. The maximum atomic E-state index is 12.6. The molecule has 0 fully saturated rings. The largest absolute Gasteiger partial charge is 0.464 e. The van der Waals surface area contributed by atoms with E-state index in [4.69, 9.17) is 30.4 Å². The van der Waals surface area contributed by atoms with Crippen LogP contribution in [0.25, 0.3) is 0 Å². The van der Waals surface area contributed by atoms with Gasteiger partial charge in [0.1, 0.15) is 19.8 Å². The zero-order valence-corrected chi connectivity index (χ0v) is 32.2. The molecule has 0 aromatic heterocycles. The molecular formula is C39H73N3O9. The van der Waals surface area contributed by atoms with Gasteiger partial charge in [-0.05, 0) is 32.2 Å². The van der Waals surface area contributed by atoms with E-state index in [9.17, 15) is 24.0 Å². The first-order valence-electron chi connectivity index (χ1n) is 20.1. The first-order chi connectivity index (χ1) is 24.7. The highest BCUT2D eigenvalue weighted by molar-refractivity contribution is 5.81. The van der Waals surface area contributed by atoms with Crippen molar-refractivity contribution in [3.8, 4) is 0 Å². The fourth-order valence-corrected chi connectivity index (χ4v) is 5.42. The summed E-state index contributed by atoms with van der Waals surface area (Å²) in [7, 11) is 0. The minimum atomic E-state index is -0.940. The maximum absolute atomic E-state index is 12.6. The third kappa shape index (κ3) is 32.9. The van der Waals surface area contributed by atoms with Crippen molar-refractivity contribution < 1.29 is 42.9 Å². The number of carbonyl (C=O) groups is 5. The quantitative estimate of drug-likeness (QED) is 0.0353. The van der Waals surface area contributed by atoms with Crippen molar-refractivity contribution in [2.24, 2.45) is 11.5 Å². The summed E-state index contributed by atoms with van der Waals surface area (Å²) in [4.78, 5) is 61.4. The lowest BCUT2D eigenvalue weighted by atomic mass is 10.1. The normalized spacial score (nSPS) is 12.2. The van der Waals surface area contributed by atoms with Crippen molar-refractivity contribution in [1.29, 1.82) is 0 Å². The fourth-order valence-electron chi connectivity index (χ4n) is 5.42. The number of carbonyl (C=O) groups excluding carboxylic acids is 5. The summed E-state index contributed by atoms with van der Waals surface area (Å²) in [5, 5.41) is 2.61. The Morgan fingerprint density at radius 2 is 0.961 bits per heavy atom. The standard InChI is InChI=1S/C39H73N3O9/c1-3-5-7-9-11-13-15-17-19-24-35(43)49-31-33(51-38(46)25-20-18-16-14-12-10-8-6-4-2)32-50-37(45)27-26-36(44)48-30-29-42-39(47)34(41)23-21-22-28-40/h33-34H,3-32,40-41H2,1-2H3,(H,42,47)/t33-,34?/m1/s1. The van der Waals surface area contributed by atoms with Crippen LogP contribution >= 0.6 is 0 Å². The van der Waals surface area contributed by atoms with Gasteiger partial charge in [-0.3, -0.25) is 24.0 Å². The molecule has 51 heavy (non-hydrogen) atoms. The van der Waals surface area contributed by atoms with Crippen molar-refractivity contribution in [3.05, 3.63) is 0 Å². The summed E-state index contributed by atoms with van der Waals surface area (Å²) in [5.74, 6) is -2.44. The number of hydrogen-bond acceptors (Lipinski definition) is 11. The second-order valence-corrected chi connectivity index (χ2v) is 13.5. The molecule has 0 heterocycles. The van der Waals surface area contributed by atoms with Gasteiger partial charge in [0, 0.05) is 12.8 Å². The molecule has 12 nitrogen and oxygen atoms in total. The summed E-state index contributed by atoms with van der Waals surface area (Å²) < 4.78 is 21.3. The molecule has 298 valence electrons. The molecule has 1 unspecified atom stereocenters. The Hall–Kier alpha value is -2.73. The number of ether oxygens (including phenoxy) is 4. The van der Waals surface area contributed by atoms with E-state index in [0.717, 1.165) is 51.4 Å². The van der Waals surface area contributed by atoms with Gasteiger partial charge in [-0.1, -0.05) is 123 Å². The fraction of sp³-hybridized carbons (Fsp3) is 0.872. The van der Waals surface area contributed by atoms with Crippen LogP contribution < -0.4 is 16.8 Å². The van der Waals surface area contributed by atoms with E-state index in [1.807, 2.05) is 0 Å². The van der Waals surface area contributed by atoms with Crippen LogP contribution in [0.3, 0.4) is 0 Å². The van der Waals surface area contributed by atoms with Crippen molar-refractivity contribution in [2.75, 3.05) is 32.9 Å². The van der Waals surface area contributed by atoms with E-state index in [0.29, 0.717) is 19.4 Å². The Balaban J connectivity index is 4.53. The van der Waals surface area contributed by atoms with Crippen molar-refractivity contribution in [2.45, 2.75) is 187 Å². The summed E-state index contributed by atoms with van der Waals surface area (Å²) >= 11 is 0. The van der Waals surface area contributed by atoms with Crippen molar-refractivity contribution >= 4 is 29.8 Å². The summed E-state index contributed by atoms with van der Waals surface area (Å²) in [6.07, 6.45) is 21.5. The van der Waals surface area contributed by atoms with Gasteiger partial charge in [0.2, 0.25) is 5.91 Å². The smallest absolute Gasteiger partial charge is 0.306 e. The van der Waals surface area contributed by atoms with Gasteiger partial charge in [0.25, 0.3) is 0 Å². The lowest BCUT2D eigenvalue weighted by Crippen LogP contribution is -2.42. The third-order valence-electron chi connectivity index (χ3n) is 8.63. The minimum Gasteiger partial charge on any atom is -0.464 e. The van der Waals surface area contributed by atoms with Gasteiger partial charge in [-0.15, -0.1) is 0 Å². The highest BCUT2D eigenvalue weighted by atomic mass is 16.6. The predicted octanol–water partition coefficient (Wildman–Crippen LogP) is 6.72. The van der Waals surface area contributed by atoms with Crippen LogP contribution in [0, 0.1) is 0 Å². The van der Waals surface area contributed by atoms with Crippen LogP contribution in [0.1, 0.15) is 174 Å². The molecule has 0 aliphatic rings. The molecule has 1 amide bonds. The van der Waals surface area contributed by atoms with Crippen LogP contribution in [-0.4, -0.2) is 74.8 Å². The number of rotatable bonds is 36. The van der Waals surface area contributed by atoms with Crippen molar-refractivity contribution in [3.63, 3.8) is 0 Å². The maximum Gasteiger partial charge on any atom is 0.306 e. The first kappa shape index (κ1) is 48.3. The van der Waals surface area contributed by atoms with Crippen molar-refractivity contribution in [1.82, 2.24) is 5.32 Å². The van der Waals surface area contributed by atoms with Crippen LogP contribution in [0.4, 0.5) is 0 Å². The molecule has 0 spiro atoms. The predicted molar refractivity (Wildman–Crippen MR) is 200 cm³/mol. The van der Waals surface area contributed by atoms with Gasteiger partial charge in [-0.25, -0.2) is 0 Å². The molecule has 0 saturated carbocycles. The third-order valence-corrected chi connectivity index (χ3v) is 8.63. The Labute approximate surface area is 308 Å². The molecule has 0 rings (SSSR count). The summed E-state index contributed by atoms with van der Waals surface area (Å²) in [6, 6.07) is -0.650. The average Bonchev–Trinajstić information content (AvgIpc) is 3.12. The molecule has 0 bridgehead atoms. The molecule has 0 saturated heterocycles. The van der Waals surface area contributed by atoms with E-state index >= 15 is 0 Å². The van der Waals surface area contributed by atoms with Gasteiger partial charge >= 0.3 is 23.9 Å². The number of amides is 1. The van der Waals surface area contributed by atoms with E-state index in [1.54, 1.807) is 0 Å². The minimum absolute atomic E-state index is 0.0590. The Morgan fingerprint density at radius 3 is 1.45 bits per heavy atom. The first-order valence-corrected chi connectivity index (χ1v) is 20.1. The Kier molecular flexibility index (Phi) is 33.8. The molecule has 0 aliphatic carbocycles. The lowest BCUT2D eigenvalue weighted by Gasteiger charge is -2.18. The molecule has 0 radical (unpaired) electrons. The monoisotopic (exact) mass is 728 g/mol. The molecule has 0 aliphatic heterocycles. The molecule has 0 aromatic carbocycles. The van der Waals surface area contributed by atoms with E-state index in [-0.39, 0.29) is 63.9 Å². The van der Waals surface area contributed by atoms with E-state index in [1.165, 1.54) is 70.6 Å². The Bertz CT molecular complexity index is 903. The van der Waals surface area contributed by atoms with E-state index < -0.39 is 30.1 Å². The topological polar surface area (TPSA) is 186 Å². The Morgan fingerprint density at radius 1 is 0.529 bits per heavy atom. The van der Waals surface area contributed by atoms with Gasteiger partial charge in [0.15, 0.2) is 6.10 Å². The number of esters is 4. The van der Waals surface area contributed by atoms with Gasteiger partial charge in [0.05, 0.1) is 25.4 Å². The zero-order chi connectivity index (χ0) is 37.8. The second kappa shape index (κ2) is 35.7. The van der Waals surface area contributed by atoms with Crippen LogP contribution in [0.5, 0.6) is 0 Å². The molecule has 0 aromatic rings.